The van der Waals surface area contributed by atoms with Crippen molar-refractivity contribution in [3.05, 3.63) is 63.8 Å². The van der Waals surface area contributed by atoms with Crippen LogP contribution in [0, 0.1) is 13.8 Å². The Bertz CT molecular complexity index is 992. The van der Waals surface area contributed by atoms with Gasteiger partial charge in [0.25, 0.3) is 11.1 Å². The van der Waals surface area contributed by atoms with Crippen LogP contribution in [0.3, 0.4) is 0 Å². The zero-order chi connectivity index (χ0) is 21.8. The molecule has 0 N–H and O–H groups in total. The molecule has 0 radical (unpaired) electrons. The summed E-state index contributed by atoms with van der Waals surface area (Å²) in [4.78, 5) is 38.0. The topological polar surface area (TPSA) is 68.6 Å². The van der Waals surface area contributed by atoms with E-state index in [1.165, 1.54) is 5.56 Å². The van der Waals surface area contributed by atoms with Crippen molar-refractivity contribution in [3.63, 3.8) is 0 Å². The van der Waals surface area contributed by atoms with Crippen molar-refractivity contribution < 1.29 is 19.1 Å². The summed E-state index contributed by atoms with van der Waals surface area (Å²) in [6, 6.07) is 12.3. The first-order valence-corrected chi connectivity index (χ1v) is 10.7. The van der Waals surface area contributed by atoms with Gasteiger partial charge in [-0.3, -0.25) is 19.3 Å². The molecule has 0 spiro atoms. The first kappa shape index (κ1) is 21.9. The number of aryl methyl sites for hydroxylation is 2. The molecule has 2 amide bonds. The summed E-state index contributed by atoms with van der Waals surface area (Å²) < 4.78 is 7.26. The van der Waals surface area contributed by atoms with E-state index in [0.29, 0.717) is 4.91 Å². The standard InChI is InChI=1S/C23H26N2O4S/c1-15(2)29-21(26)14-25-22(27)20(30-23(25)28)13-19-12-16(3)24(17(19)4)11-10-18-8-6-5-7-9-18/h5-9,12-13,15H,10-11,14H2,1-4H3/b20-13-. The van der Waals surface area contributed by atoms with E-state index in [0.717, 1.165) is 46.6 Å². The highest BCUT2D eigenvalue weighted by Crippen LogP contribution is 2.33. The molecule has 1 aliphatic heterocycles. The van der Waals surface area contributed by atoms with E-state index in [9.17, 15) is 14.4 Å². The first-order valence-electron chi connectivity index (χ1n) is 9.91. The molecule has 6 nitrogen and oxygen atoms in total. The number of nitrogens with zero attached hydrogens (tertiary/aromatic N) is 2. The minimum atomic E-state index is -0.590. The fraction of sp³-hybridized carbons (Fsp3) is 0.348. The van der Waals surface area contributed by atoms with Gasteiger partial charge in [-0.1, -0.05) is 30.3 Å². The van der Waals surface area contributed by atoms with Crippen molar-refractivity contribution in [1.82, 2.24) is 9.47 Å². The lowest BCUT2D eigenvalue weighted by Crippen LogP contribution is -2.35. The number of hydrogen-bond acceptors (Lipinski definition) is 5. The molecule has 2 aromatic rings. The molecule has 0 atom stereocenters. The summed E-state index contributed by atoms with van der Waals surface area (Å²) >= 11 is 0.853. The Kier molecular flexibility index (Phi) is 6.82. The molecular formula is C23H26N2O4S. The van der Waals surface area contributed by atoms with Crippen LogP contribution in [0.25, 0.3) is 6.08 Å². The molecule has 7 heteroatoms. The zero-order valence-electron chi connectivity index (χ0n) is 17.7. The number of carbonyl (C=O) groups is 3. The van der Waals surface area contributed by atoms with Gasteiger partial charge in [-0.2, -0.15) is 0 Å². The number of carbonyl (C=O) groups excluding carboxylic acids is 3. The second kappa shape index (κ2) is 9.34. The van der Waals surface area contributed by atoms with Crippen LogP contribution in [0.1, 0.15) is 36.4 Å². The van der Waals surface area contributed by atoms with E-state index >= 15 is 0 Å². The van der Waals surface area contributed by atoms with Gasteiger partial charge >= 0.3 is 5.97 Å². The lowest BCUT2D eigenvalue weighted by molar-refractivity contribution is -0.149. The number of hydrogen-bond donors (Lipinski definition) is 0. The molecule has 1 saturated heterocycles. The minimum Gasteiger partial charge on any atom is -0.462 e. The summed E-state index contributed by atoms with van der Waals surface area (Å²) in [6.07, 6.45) is 2.35. The maximum atomic E-state index is 12.7. The Balaban J connectivity index is 1.74. The van der Waals surface area contributed by atoms with E-state index < -0.39 is 17.1 Å². The first-order chi connectivity index (χ1) is 14.3. The van der Waals surface area contributed by atoms with E-state index in [-0.39, 0.29) is 12.6 Å². The lowest BCUT2D eigenvalue weighted by atomic mass is 10.1. The van der Waals surface area contributed by atoms with Crippen molar-refractivity contribution >= 4 is 35.0 Å². The van der Waals surface area contributed by atoms with Crippen LogP contribution >= 0.6 is 11.8 Å². The van der Waals surface area contributed by atoms with Crippen LogP contribution in [0.2, 0.25) is 0 Å². The van der Waals surface area contributed by atoms with Crippen molar-refractivity contribution in [2.24, 2.45) is 0 Å². The summed E-state index contributed by atoms with van der Waals surface area (Å²) in [6.45, 7) is 7.95. The number of rotatable bonds is 7. The van der Waals surface area contributed by atoms with Gasteiger partial charge in [0.05, 0.1) is 11.0 Å². The quantitative estimate of drug-likeness (QED) is 0.487. The second-order valence-corrected chi connectivity index (χ2v) is 8.51. The van der Waals surface area contributed by atoms with Gasteiger partial charge in [0, 0.05) is 17.9 Å². The van der Waals surface area contributed by atoms with Gasteiger partial charge in [-0.25, -0.2) is 0 Å². The Morgan fingerprint density at radius 3 is 2.53 bits per heavy atom. The third-order valence-corrected chi connectivity index (χ3v) is 5.80. The zero-order valence-corrected chi connectivity index (χ0v) is 18.5. The minimum absolute atomic E-state index is 0.297. The number of amides is 2. The lowest BCUT2D eigenvalue weighted by Gasteiger charge is -2.13. The molecule has 0 unspecified atom stereocenters. The van der Waals surface area contributed by atoms with Crippen molar-refractivity contribution in [3.8, 4) is 0 Å². The Labute approximate surface area is 180 Å². The monoisotopic (exact) mass is 426 g/mol. The van der Waals surface area contributed by atoms with Gasteiger partial charge in [0.15, 0.2) is 0 Å². The molecular weight excluding hydrogens is 400 g/mol. The van der Waals surface area contributed by atoms with E-state index in [4.69, 9.17) is 4.74 Å². The van der Waals surface area contributed by atoms with Gasteiger partial charge in [0.1, 0.15) is 6.54 Å². The van der Waals surface area contributed by atoms with Crippen molar-refractivity contribution in [1.29, 1.82) is 0 Å². The molecule has 1 aliphatic rings. The summed E-state index contributed by atoms with van der Waals surface area (Å²) in [7, 11) is 0. The van der Waals surface area contributed by atoms with E-state index in [1.54, 1.807) is 19.9 Å². The highest BCUT2D eigenvalue weighted by atomic mass is 32.2. The van der Waals surface area contributed by atoms with Crippen LogP contribution in [0.4, 0.5) is 4.79 Å². The molecule has 1 fully saturated rings. The molecule has 0 bridgehead atoms. The number of ether oxygens (including phenoxy) is 1. The van der Waals surface area contributed by atoms with E-state index in [2.05, 4.69) is 16.7 Å². The Hall–Kier alpha value is -2.80. The van der Waals surface area contributed by atoms with Crippen LogP contribution in [-0.4, -0.2) is 39.2 Å². The molecule has 1 aromatic heterocycles. The van der Waals surface area contributed by atoms with Gasteiger partial charge in [0.2, 0.25) is 0 Å². The molecule has 1 aromatic carbocycles. The molecule has 158 valence electrons. The van der Waals surface area contributed by atoms with Crippen molar-refractivity contribution in [2.75, 3.05) is 6.54 Å². The highest BCUT2D eigenvalue weighted by molar-refractivity contribution is 8.18. The molecule has 30 heavy (non-hydrogen) atoms. The fourth-order valence-corrected chi connectivity index (χ4v) is 4.24. The highest BCUT2D eigenvalue weighted by Gasteiger charge is 2.37. The van der Waals surface area contributed by atoms with E-state index in [1.807, 2.05) is 38.1 Å². The maximum Gasteiger partial charge on any atom is 0.326 e. The number of benzene rings is 1. The van der Waals surface area contributed by atoms with Crippen LogP contribution in [-0.2, 0) is 27.3 Å². The number of esters is 1. The predicted molar refractivity (Wildman–Crippen MR) is 118 cm³/mol. The normalized spacial score (nSPS) is 15.5. The average Bonchev–Trinajstić information content (AvgIpc) is 3.10. The number of imide groups is 1. The predicted octanol–water partition coefficient (Wildman–Crippen LogP) is 4.34. The third-order valence-electron chi connectivity index (χ3n) is 4.89. The number of aromatic nitrogens is 1. The fourth-order valence-electron chi connectivity index (χ4n) is 3.41. The summed E-state index contributed by atoms with van der Waals surface area (Å²) in [5, 5.41) is -0.454. The van der Waals surface area contributed by atoms with Gasteiger partial charge in [-0.05, 0) is 69.1 Å². The van der Waals surface area contributed by atoms with Gasteiger partial charge in [-0.15, -0.1) is 0 Å². The number of thioether (sulfide) groups is 1. The van der Waals surface area contributed by atoms with Crippen LogP contribution in [0.15, 0.2) is 41.3 Å². The summed E-state index contributed by atoms with van der Waals surface area (Å²) in [5.74, 6) is -1.05. The smallest absolute Gasteiger partial charge is 0.326 e. The maximum absolute atomic E-state index is 12.7. The van der Waals surface area contributed by atoms with Crippen molar-refractivity contribution in [2.45, 2.75) is 46.8 Å². The SMILES string of the molecule is Cc1cc(/C=C2\SC(=O)N(CC(=O)OC(C)C)C2=O)c(C)n1CCc1ccccc1. The Morgan fingerprint density at radius 1 is 1.17 bits per heavy atom. The molecule has 3 rings (SSSR count). The summed E-state index contributed by atoms with van der Waals surface area (Å²) in [5.41, 5.74) is 4.29. The van der Waals surface area contributed by atoms with Crippen LogP contribution in [0.5, 0.6) is 0 Å². The molecule has 0 aliphatic carbocycles. The Morgan fingerprint density at radius 2 is 1.87 bits per heavy atom. The average molecular weight is 427 g/mol. The second-order valence-electron chi connectivity index (χ2n) is 7.52. The third kappa shape index (κ3) is 5.02. The molecule has 0 saturated carbocycles. The van der Waals surface area contributed by atoms with Crippen LogP contribution < -0.4 is 0 Å². The largest absolute Gasteiger partial charge is 0.462 e. The molecule has 2 heterocycles. The van der Waals surface area contributed by atoms with Gasteiger partial charge < -0.3 is 9.30 Å².